The summed E-state index contributed by atoms with van der Waals surface area (Å²) < 4.78 is 0. The Morgan fingerprint density at radius 3 is 2.95 bits per heavy atom. The van der Waals surface area contributed by atoms with Gasteiger partial charge in [-0.1, -0.05) is 6.07 Å². The molecule has 0 spiro atoms. The molecule has 1 fully saturated rings. The molecule has 1 aliphatic rings. The van der Waals surface area contributed by atoms with Gasteiger partial charge < -0.3 is 15.5 Å². The molecule has 19 heavy (non-hydrogen) atoms. The summed E-state index contributed by atoms with van der Waals surface area (Å²) in [6.07, 6.45) is 5.60. The SMILES string of the molecule is Cc1cccnc1NC(=S)NCCCN1CCCC1. The highest BCUT2D eigenvalue weighted by atomic mass is 32.1. The van der Waals surface area contributed by atoms with Crippen LogP contribution in [-0.2, 0) is 0 Å². The molecule has 2 N–H and O–H groups in total. The van der Waals surface area contributed by atoms with Crippen molar-refractivity contribution in [3.05, 3.63) is 23.9 Å². The summed E-state index contributed by atoms with van der Waals surface area (Å²) in [5.74, 6) is 0.833. The number of pyridine rings is 1. The molecule has 5 heteroatoms. The molecule has 1 aromatic heterocycles. The number of aromatic nitrogens is 1. The highest BCUT2D eigenvalue weighted by molar-refractivity contribution is 7.80. The molecule has 0 atom stereocenters. The van der Waals surface area contributed by atoms with Gasteiger partial charge in [0.05, 0.1) is 0 Å². The smallest absolute Gasteiger partial charge is 0.171 e. The van der Waals surface area contributed by atoms with Crippen molar-refractivity contribution >= 4 is 23.1 Å². The Bertz CT molecular complexity index is 416. The third kappa shape index (κ3) is 4.76. The normalized spacial score (nSPS) is 15.4. The molecule has 0 aromatic carbocycles. The molecular weight excluding hydrogens is 256 g/mol. The molecule has 0 saturated carbocycles. The van der Waals surface area contributed by atoms with Crippen molar-refractivity contribution in [3.63, 3.8) is 0 Å². The summed E-state index contributed by atoms with van der Waals surface area (Å²) in [6, 6.07) is 3.94. The number of likely N-dealkylation sites (tertiary alicyclic amines) is 1. The van der Waals surface area contributed by atoms with Crippen molar-refractivity contribution in [2.75, 3.05) is 31.5 Å². The zero-order valence-corrected chi connectivity index (χ0v) is 12.3. The van der Waals surface area contributed by atoms with Crippen LogP contribution in [-0.4, -0.2) is 41.2 Å². The molecule has 2 rings (SSSR count). The van der Waals surface area contributed by atoms with Crippen molar-refractivity contribution in [1.82, 2.24) is 15.2 Å². The summed E-state index contributed by atoms with van der Waals surface area (Å²) in [5, 5.41) is 7.03. The van der Waals surface area contributed by atoms with E-state index in [1.807, 2.05) is 19.1 Å². The third-order valence-corrected chi connectivity index (χ3v) is 3.62. The van der Waals surface area contributed by atoms with Crippen LogP contribution in [0.4, 0.5) is 5.82 Å². The van der Waals surface area contributed by atoms with Crippen molar-refractivity contribution in [2.24, 2.45) is 0 Å². The Morgan fingerprint density at radius 2 is 2.21 bits per heavy atom. The minimum atomic E-state index is 0.656. The maximum Gasteiger partial charge on any atom is 0.171 e. The summed E-state index contributed by atoms with van der Waals surface area (Å²) in [5.41, 5.74) is 1.10. The van der Waals surface area contributed by atoms with Gasteiger partial charge in [-0.3, -0.25) is 0 Å². The maximum atomic E-state index is 5.27. The van der Waals surface area contributed by atoms with Gasteiger partial charge in [-0.2, -0.15) is 0 Å². The summed E-state index contributed by atoms with van der Waals surface area (Å²) >= 11 is 5.27. The lowest BCUT2D eigenvalue weighted by molar-refractivity contribution is 0.334. The second-order valence-corrected chi connectivity index (χ2v) is 5.36. The molecule has 1 saturated heterocycles. The van der Waals surface area contributed by atoms with Crippen LogP contribution in [0.15, 0.2) is 18.3 Å². The Labute approximate surface area is 120 Å². The number of rotatable bonds is 5. The van der Waals surface area contributed by atoms with Gasteiger partial charge in [0, 0.05) is 12.7 Å². The van der Waals surface area contributed by atoms with Crippen molar-refractivity contribution in [3.8, 4) is 0 Å². The zero-order chi connectivity index (χ0) is 13.5. The largest absolute Gasteiger partial charge is 0.362 e. The predicted octanol–water partition coefficient (Wildman–Crippen LogP) is 2.16. The number of hydrogen-bond acceptors (Lipinski definition) is 3. The highest BCUT2D eigenvalue weighted by Crippen LogP contribution is 2.09. The zero-order valence-electron chi connectivity index (χ0n) is 11.5. The van der Waals surface area contributed by atoms with Gasteiger partial charge in [0.2, 0.25) is 0 Å². The summed E-state index contributed by atoms with van der Waals surface area (Å²) in [7, 11) is 0. The number of thiocarbonyl (C=S) groups is 1. The van der Waals surface area contributed by atoms with Crippen LogP contribution in [0, 0.1) is 6.92 Å². The molecule has 0 amide bonds. The molecule has 1 aromatic rings. The monoisotopic (exact) mass is 278 g/mol. The first-order valence-corrected chi connectivity index (χ1v) is 7.35. The van der Waals surface area contributed by atoms with E-state index in [0.29, 0.717) is 5.11 Å². The molecule has 4 nitrogen and oxygen atoms in total. The standard InChI is InChI=1S/C14H22N4S/c1-12-6-4-7-15-13(12)17-14(19)16-8-5-11-18-9-2-3-10-18/h4,6-7H,2-3,5,8-11H2,1H3,(H2,15,16,17,19). The van der Waals surface area contributed by atoms with Crippen LogP contribution in [0.1, 0.15) is 24.8 Å². The van der Waals surface area contributed by atoms with Gasteiger partial charge in [0.1, 0.15) is 5.82 Å². The Kier molecular flexibility index (Phi) is 5.54. The van der Waals surface area contributed by atoms with E-state index in [1.54, 1.807) is 6.20 Å². The number of nitrogens with one attached hydrogen (secondary N) is 2. The van der Waals surface area contributed by atoms with Crippen LogP contribution in [0.25, 0.3) is 0 Å². The molecular formula is C14H22N4S. The number of hydrogen-bond donors (Lipinski definition) is 2. The summed E-state index contributed by atoms with van der Waals surface area (Å²) in [4.78, 5) is 6.78. The first-order valence-electron chi connectivity index (χ1n) is 6.94. The van der Waals surface area contributed by atoms with E-state index >= 15 is 0 Å². The Hall–Kier alpha value is -1.20. The number of aryl methyl sites for hydroxylation is 1. The van der Waals surface area contributed by atoms with Crippen LogP contribution in [0.5, 0.6) is 0 Å². The van der Waals surface area contributed by atoms with E-state index in [9.17, 15) is 0 Å². The molecule has 0 bridgehead atoms. The molecule has 0 aliphatic carbocycles. The van der Waals surface area contributed by atoms with Crippen molar-refractivity contribution in [2.45, 2.75) is 26.2 Å². The van der Waals surface area contributed by atoms with Crippen molar-refractivity contribution < 1.29 is 0 Å². The quantitative estimate of drug-likeness (QED) is 0.638. The lowest BCUT2D eigenvalue weighted by Gasteiger charge is -2.15. The Morgan fingerprint density at radius 1 is 1.42 bits per heavy atom. The number of anilines is 1. The highest BCUT2D eigenvalue weighted by Gasteiger charge is 2.10. The average molecular weight is 278 g/mol. The average Bonchev–Trinajstić information content (AvgIpc) is 2.91. The van der Waals surface area contributed by atoms with Crippen molar-refractivity contribution in [1.29, 1.82) is 0 Å². The van der Waals surface area contributed by atoms with Crippen LogP contribution >= 0.6 is 12.2 Å². The Balaban J connectivity index is 1.63. The van der Waals surface area contributed by atoms with E-state index < -0.39 is 0 Å². The van der Waals surface area contributed by atoms with E-state index in [-0.39, 0.29) is 0 Å². The number of nitrogens with zero attached hydrogens (tertiary/aromatic N) is 2. The fourth-order valence-electron chi connectivity index (χ4n) is 2.28. The van der Waals surface area contributed by atoms with Crippen LogP contribution < -0.4 is 10.6 Å². The third-order valence-electron chi connectivity index (χ3n) is 3.38. The van der Waals surface area contributed by atoms with Gasteiger partial charge in [-0.05, 0) is 69.7 Å². The van der Waals surface area contributed by atoms with E-state index in [2.05, 4.69) is 20.5 Å². The molecule has 1 aliphatic heterocycles. The van der Waals surface area contributed by atoms with Crippen LogP contribution in [0.2, 0.25) is 0 Å². The first-order chi connectivity index (χ1) is 9.25. The molecule has 2 heterocycles. The second kappa shape index (κ2) is 7.40. The first kappa shape index (κ1) is 14.2. The fraction of sp³-hybridized carbons (Fsp3) is 0.571. The van der Waals surface area contributed by atoms with Gasteiger partial charge in [0.15, 0.2) is 5.11 Å². The van der Waals surface area contributed by atoms with Crippen LogP contribution in [0.3, 0.4) is 0 Å². The minimum absolute atomic E-state index is 0.656. The second-order valence-electron chi connectivity index (χ2n) is 4.95. The minimum Gasteiger partial charge on any atom is -0.362 e. The van der Waals surface area contributed by atoms with E-state index in [1.165, 1.54) is 25.9 Å². The molecule has 104 valence electrons. The fourth-order valence-corrected chi connectivity index (χ4v) is 2.48. The van der Waals surface area contributed by atoms with Gasteiger partial charge >= 0.3 is 0 Å². The topological polar surface area (TPSA) is 40.2 Å². The maximum absolute atomic E-state index is 5.27. The van der Waals surface area contributed by atoms with E-state index in [4.69, 9.17) is 12.2 Å². The van der Waals surface area contributed by atoms with E-state index in [0.717, 1.165) is 30.9 Å². The lowest BCUT2D eigenvalue weighted by Crippen LogP contribution is -2.32. The molecule has 0 radical (unpaired) electrons. The van der Waals surface area contributed by atoms with Gasteiger partial charge in [-0.15, -0.1) is 0 Å². The van der Waals surface area contributed by atoms with Gasteiger partial charge in [0.25, 0.3) is 0 Å². The molecule has 0 unspecified atom stereocenters. The lowest BCUT2D eigenvalue weighted by atomic mass is 10.3. The summed E-state index contributed by atoms with van der Waals surface area (Å²) in [6.45, 7) is 6.61. The predicted molar refractivity (Wildman–Crippen MR) is 83.5 cm³/mol. The van der Waals surface area contributed by atoms with Gasteiger partial charge in [-0.25, -0.2) is 4.98 Å².